The summed E-state index contributed by atoms with van der Waals surface area (Å²) in [6.07, 6.45) is 0.434. The fraction of sp³-hybridized carbons (Fsp3) is 0.538. The number of aliphatic hydroxyl groups is 1. The van der Waals surface area contributed by atoms with E-state index in [2.05, 4.69) is 0 Å². The van der Waals surface area contributed by atoms with Crippen molar-refractivity contribution < 1.29 is 13.5 Å². The lowest BCUT2D eigenvalue weighted by molar-refractivity contribution is 0.215. The summed E-state index contributed by atoms with van der Waals surface area (Å²) in [5.41, 5.74) is -0.510. The van der Waals surface area contributed by atoms with E-state index in [0.717, 1.165) is 0 Å². The summed E-state index contributed by atoms with van der Waals surface area (Å²) in [5.74, 6) is 0. The highest BCUT2D eigenvalue weighted by Crippen LogP contribution is 2.24. The van der Waals surface area contributed by atoms with Gasteiger partial charge < -0.3 is 5.11 Å². The van der Waals surface area contributed by atoms with Crippen LogP contribution in [0.3, 0.4) is 0 Å². The van der Waals surface area contributed by atoms with Crippen LogP contribution in [-0.2, 0) is 10.0 Å². The molecule has 4 nitrogen and oxygen atoms in total. The van der Waals surface area contributed by atoms with Crippen molar-refractivity contribution in [3.05, 3.63) is 30.3 Å². The van der Waals surface area contributed by atoms with Gasteiger partial charge in [0.1, 0.15) is 0 Å². The fourth-order valence-corrected chi connectivity index (χ4v) is 3.60. The molecule has 18 heavy (non-hydrogen) atoms. The Bertz CT molecular complexity index is 463. The lowest BCUT2D eigenvalue weighted by Crippen LogP contribution is -2.46. The van der Waals surface area contributed by atoms with E-state index in [1.54, 1.807) is 30.3 Å². The average Bonchev–Trinajstić information content (AvgIpc) is 2.28. The van der Waals surface area contributed by atoms with Gasteiger partial charge in [-0.05, 0) is 39.3 Å². The predicted octanol–water partition coefficient (Wildman–Crippen LogP) is 1.86. The Kier molecular flexibility index (Phi) is 4.90. The first-order chi connectivity index (χ1) is 8.30. The first-order valence-electron chi connectivity index (χ1n) is 5.99. The zero-order valence-electron chi connectivity index (χ0n) is 11.1. The molecule has 0 aliphatic carbocycles. The zero-order valence-corrected chi connectivity index (χ0v) is 11.9. The molecule has 0 aliphatic heterocycles. The maximum atomic E-state index is 12.5. The normalized spacial score (nSPS) is 12.9. The second kappa shape index (κ2) is 5.82. The molecule has 0 amide bonds. The third-order valence-corrected chi connectivity index (χ3v) is 4.78. The van der Waals surface area contributed by atoms with E-state index in [0.29, 0.717) is 13.0 Å². The largest absolute Gasteiger partial charge is 0.396 e. The van der Waals surface area contributed by atoms with Gasteiger partial charge in [0.15, 0.2) is 0 Å². The molecule has 0 unspecified atom stereocenters. The molecule has 0 aliphatic rings. The zero-order chi connectivity index (χ0) is 13.8. The monoisotopic (exact) mass is 271 g/mol. The van der Waals surface area contributed by atoms with Gasteiger partial charge in [0.05, 0.1) is 4.90 Å². The lowest BCUT2D eigenvalue weighted by Gasteiger charge is -2.34. The van der Waals surface area contributed by atoms with Crippen LogP contribution in [0, 0.1) is 0 Å². The van der Waals surface area contributed by atoms with Crippen molar-refractivity contribution in [2.75, 3.05) is 13.2 Å². The molecule has 0 heterocycles. The summed E-state index contributed by atoms with van der Waals surface area (Å²) in [4.78, 5) is 0.290. The Balaban J connectivity index is 3.13. The Morgan fingerprint density at radius 2 is 1.72 bits per heavy atom. The standard InChI is InChI=1S/C13H21NO3S/c1-13(2,3)14(10-7-11-15)18(16,17)12-8-5-4-6-9-12/h4-6,8-9,15H,7,10-11H2,1-3H3. The number of hydrogen-bond donors (Lipinski definition) is 1. The molecule has 1 N–H and O–H groups in total. The molecule has 1 aromatic carbocycles. The summed E-state index contributed by atoms with van der Waals surface area (Å²) in [5, 5.41) is 8.90. The minimum absolute atomic E-state index is 0.0170. The first-order valence-corrected chi connectivity index (χ1v) is 7.43. The van der Waals surface area contributed by atoms with Gasteiger partial charge >= 0.3 is 0 Å². The van der Waals surface area contributed by atoms with E-state index in [1.807, 2.05) is 20.8 Å². The van der Waals surface area contributed by atoms with Gasteiger partial charge in [0.2, 0.25) is 10.0 Å². The van der Waals surface area contributed by atoms with Crippen LogP contribution in [0.15, 0.2) is 35.2 Å². The van der Waals surface area contributed by atoms with Gasteiger partial charge in [-0.2, -0.15) is 4.31 Å². The van der Waals surface area contributed by atoms with E-state index in [9.17, 15) is 8.42 Å². The van der Waals surface area contributed by atoms with Crippen LogP contribution in [0.4, 0.5) is 0 Å². The van der Waals surface area contributed by atoms with Crippen molar-refractivity contribution in [2.24, 2.45) is 0 Å². The fourth-order valence-electron chi connectivity index (χ4n) is 1.75. The second-order valence-corrected chi connectivity index (χ2v) is 7.00. The van der Waals surface area contributed by atoms with Crippen molar-refractivity contribution in [1.82, 2.24) is 4.31 Å². The SMILES string of the molecule is CC(C)(C)N(CCCO)S(=O)(=O)c1ccccc1. The molecule has 0 spiro atoms. The smallest absolute Gasteiger partial charge is 0.243 e. The molecule has 102 valence electrons. The lowest BCUT2D eigenvalue weighted by atomic mass is 10.1. The van der Waals surface area contributed by atoms with Crippen LogP contribution in [0.5, 0.6) is 0 Å². The first kappa shape index (κ1) is 15.1. The molecule has 0 aromatic heterocycles. The highest BCUT2D eigenvalue weighted by Gasteiger charge is 2.33. The number of rotatable bonds is 5. The van der Waals surface area contributed by atoms with Crippen LogP contribution < -0.4 is 0 Å². The molecular weight excluding hydrogens is 250 g/mol. The molecule has 0 bridgehead atoms. The molecular formula is C13H21NO3S. The Morgan fingerprint density at radius 3 is 2.17 bits per heavy atom. The Morgan fingerprint density at radius 1 is 1.17 bits per heavy atom. The van der Waals surface area contributed by atoms with Crippen LogP contribution in [-0.4, -0.2) is 36.5 Å². The number of nitrogens with zero attached hydrogens (tertiary/aromatic N) is 1. The molecule has 0 fully saturated rings. The predicted molar refractivity (Wildman–Crippen MR) is 71.8 cm³/mol. The molecule has 0 atom stereocenters. The average molecular weight is 271 g/mol. The molecule has 0 radical (unpaired) electrons. The van der Waals surface area contributed by atoms with E-state index < -0.39 is 15.6 Å². The van der Waals surface area contributed by atoms with Crippen molar-refractivity contribution in [2.45, 2.75) is 37.6 Å². The molecule has 1 aromatic rings. The van der Waals surface area contributed by atoms with Gasteiger partial charge in [-0.25, -0.2) is 8.42 Å². The molecule has 5 heteroatoms. The van der Waals surface area contributed by atoms with Gasteiger partial charge in [-0.15, -0.1) is 0 Å². The van der Waals surface area contributed by atoms with Gasteiger partial charge in [-0.3, -0.25) is 0 Å². The third kappa shape index (κ3) is 3.54. The molecule has 0 saturated heterocycles. The maximum absolute atomic E-state index is 12.5. The van der Waals surface area contributed by atoms with Crippen molar-refractivity contribution >= 4 is 10.0 Å². The minimum Gasteiger partial charge on any atom is -0.396 e. The van der Waals surface area contributed by atoms with Crippen LogP contribution in [0.1, 0.15) is 27.2 Å². The summed E-state index contributed by atoms with van der Waals surface area (Å²) in [6, 6.07) is 8.38. The molecule has 1 rings (SSSR count). The summed E-state index contributed by atoms with van der Waals surface area (Å²) < 4.78 is 26.5. The Hall–Kier alpha value is -0.910. The van der Waals surface area contributed by atoms with Crippen LogP contribution in [0.25, 0.3) is 0 Å². The highest BCUT2D eigenvalue weighted by molar-refractivity contribution is 7.89. The van der Waals surface area contributed by atoms with Crippen molar-refractivity contribution in [3.8, 4) is 0 Å². The number of aliphatic hydroxyl groups excluding tert-OH is 1. The van der Waals surface area contributed by atoms with Crippen LogP contribution in [0.2, 0.25) is 0 Å². The molecule has 0 saturated carbocycles. The van der Waals surface area contributed by atoms with Gasteiger partial charge in [0, 0.05) is 18.7 Å². The summed E-state index contributed by atoms with van der Waals surface area (Å²) in [7, 11) is -3.51. The van der Waals surface area contributed by atoms with E-state index >= 15 is 0 Å². The number of benzene rings is 1. The van der Waals surface area contributed by atoms with Crippen molar-refractivity contribution in [3.63, 3.8) is 0 Å². The van der Waals surface area contributed by atoms with E-state index in [-0.39, 0.29) is 11.5 Å². The van der Waals surface area contributed by atoms with Gasteiger partial charge in [0.25, 0.3) is 0 Å². The summed E-state index contributed by atoms with van der Waals surface area (Å²) in [6.45, 7) is 5.86. The topological polar surface area (TPSA) is 57.6 Å². The van der Waals surface area contributed by atoms with Crippen LogP contribution >= 0.6 is 0 Å². The van der Waals surface area contributed by atoms with Gasteiger partial charge in [-0.1, -0.05) is 18.2 Å². The quantitative estimate of drug-likeness (QED) is 0.889. The minimum atomic E-state index is -3.51. The highest BCUT2D eigenvalue weighted by atomic mass is 32.2. The maximum Gasteiger partial charge on any atom is 0.243 e. The van der Waals surface area contributed by atoms with E-state index in [4.69, 9.17) is 5.11 Å². The van der Waals surface area contributed by atoms with Crippen molar-refractivity contribution in [1.29, 1.82) is 0 Å². The number of sulfonamides is 1. The number of hydrogen-bond acceptors (Lipinski definition) is 3. The third-order valence-electron chi connectivity index (χ3n) is 2.60. The summed E-state index contributed by atoms with van der Waals surface area (Å²) >= 11 is 0. The second-order valence-electron chi connectivity index (χ2n) is 5.14. The Labute approximate surface area is 109 Å². The van der Waals surface area contributed by atoms with E-state index in [1.165, 1.54) is 4.31 Å².